The van der Waals surface area contributed by atoms with Gasteiger partial charge in [-0.25, -0.2) is 9.97 Å². The number of fused-ring (bicyclic) bond motifs is 1. The quantitative estimate of drug-likeness (QED) is 0.921. The van der Waals surface area contributed by atoms with Crippen LogP contribution in [0.3, 0.4) is 0 Å². The monoisotopic (exact) mass is 263 g/mol. The van der Waals surface area contributed by atoms with E-state index in [1.165, 1.54) is 4.88 Å². The first-order chi connectivity index (χ1) is 8.70. The number of aryl methyl sites for hydroxylation is 1. The average molecular weight is 263 g/mol. The summed E-state index contributed by atoms with van der Waals surface area (Å²) >= 11 is 1.75. The fourth-order valence-corrected chi connectivity index (χ4v) is 3.01. The van der Waals surface area contributed by atoms with Crippen molar-refractivity contribution >= 4 is 27.4 Å². The standard InChI is InChI=1S/C13H17N3OS/c1-3-9-4-10-11(15-8-16-12(10)18-9)14-5-13(2)6-17-7-13/h4,8H,3,5-7H2,1-2H3,(H,14,15,16). The summed E-state index contributed by atoms with van der Waals surface area (Å²) in [6, 6.07) is 2.20. The molecule has 1 aliphatic rings. The Bertz CT molecular complexity index is 562. The minimum Gasteiger partial charge on any atom is -0.380 e. The Balaban J connectivity index is 1.84. The van der Waals surface area contributed by atoms with Crippen LogP contribution in [-0.4, -0.2) is 29.7 Å². The molecule has 0 atom stereocenters. The summed E-state index contributed by atoms with van der Waals surface area (Å²) in [5, 5.41) is 4.58. The molecule has 3 heterocycles. The predicted molar refractivity (Wildman–Crippen MR) is 74.2 cm³/mol. The highest BCUT2D eigenvalue weighted by molar-refractivity contribution is 7.18. The average Bonchev–Trinajstić information content (AvgIpc) is 2.77. The first kappa shape index (κ1) is 11.9. The van der Waals surface area contributed by atoms with Crippen LogP contribution in [0.5, 0.6) is 0 Å². The molecule has 0 spiro atoms. The smallest absolute Gasteiger partial charge is 0.138 e. The highest BCUT2D eigenvalue weighted by Crippen LogP contribution is 2.31. The molecule has 1 saturated heterocycles. The predicted octanol–water partition coefficient (Wildman–Crippen LogP) is 2.70. The van der Waals surface area contributed by atoms with E-state index in [4.69, 9.17) is 4.74 Å². The van der Waals surface area contributed by atoms with Crippen molar-refractivity contribution in [1.29, 1.82) is 0 Å². The van der Waals surface area contributed by atoms with Gasteiger partial charge in [-0.15, -0.1) is 11.3 Å². The molecule has 3 rings (SSSR count). The number of hydrogen-bond donors (Lipinski definition) is 1. The molecule has 0 aliphatic carbocycles. The number of ether oxygens (including phenoxy) is 1. The molecule has 0 unspecified atom stereocenters. The Morgan fingerprint density at radius 3 is 2.94 bits per heavy atom. The number of hydrogen-bond acceptors (Lipinski definition) is 5. The highest BCUT2D eigenvalue weighted by Gasteiger charge is 2.33. The first-order valence-electron chi connectivity index (χ1n) is 6.25. The lowest BCUT2D eigenvalue weighted by Gasteiger charge is -2.38. The Kier molecular flexibility index (Phi) is 2.95. The van der Waals surface area contributed by atoms with E-state index in [0.717, 1.165) is 42.2 Å². The van der Waals surface area contributed by atoms with Crippen molar-refractivity contribution in [2.75, 3.05) is 25.1 Å². The van der Waals surface area contributed by atoms with E-state index in [0.29, 0.717) is 0 Å². The molecule has 1 fully saturated rings. The van der Waals surface area contributed by atoms with Gasteiger partial charge >= 0.3 is 0 Å². The summed E-state index contributed by atoms with van der Waals surface area (Å²) in [4.78, 5) is 11.1. The van der Waals surface area contributed by atoms with Gasteiger partial charge in [0, 0.05) is 16.8 Å². The van der Waals surface area contributed by atoms with Gasteiger partial charge in [0.15, 0.2) is 0 Å². The van der Waals surface area contributed by atoms with Crippen molar-refractivity contribution in [3.05, 3.63) is 17.3 Å². The van der Waals surface area contributed by atoms with Crippen LogP contribution in [0.15, 0.2) is 12.4 Å². The number of anilines is 1. The number of nitrogens with one attached hydrogen (secondary N) is 1. The first-order valence-corrected chi connectivity index (χ1v) is 7.07. The second-order valence-corrected chi connectivity index (χ2v) is 6.28. The highest BCUT2D eigenvalue weighted by atomic mass is 32.1. The van der Waals surface area contributed by atoms with Gasteiger partial charge in [-0.3, -0.25) is 0 Å². The molecule has 2 aromatic rings. The van der Waals surface area contributed by atoms with E-state index in [9.17, 15) is 0 Å². The van der Waals surface area contributed by atoms with Crippen molar-refractivity contribution in [2.24, 2.45) is 5.41 Å². The van der Waals surface area contributed by atoms with Crippen LogP contribution in [0.4, 0.5) is 5.82 Å². The summed E-state index contributed by atoms with van der Waals surface area (Å²) in [6.07, 6.45) is 2.69. The number of rotatable bonds is 4. The van der Waals surface area contributed by atoms with Crippen molar-refractivity contribution in [1.82, 2.24) is 9.97 Å². The number of aromatic nitrogens is 2. The maximum atomic E-state index is 5.26. The van der Waals surface area contributed by atoms with Crippen molar-refractivity contribution in [3.63, 3.8) is 0 Å². The molecule has 18 heavy (non-hydrogen) atoms. The van der Waals surface area contributed by atoms with E-state index >= 15 is 0 Å². The fraction of sp³-hybridized carbons (Fsp3) is 0.538. The molecule has 0 radical (unpaired) electrons. The summed E-state index contributed by atoms with van der Waals surface area (Å²) in [5.74, 6) is 0.948. The van der Waals surface area contributed by atoms with Gasteiger partial charge < -0.3 is 10.1 Å². The van der Waals surface area contributed by atoms with Gasteiger partial charge in [0.05, 0.1) is 18.6 Å². The number of nitrogens with zero attached hydrogens (tertiary/aromatic N) is 2. The summed E-state index contributed by atoms with van der Waals surface area (Å²) in [6.45, 7) is 6.96. The van der Waals surface area contributed by atoms with Crippen LogP contribution in [0.2, 0.25) is 0 Å². The minimum absolute atomic E-state index is 0.251. The largest absolute Gasteiger partial charge is 0.380 e. The van der Waals surface area contributed by atoms with Gasteiger partial charge in [0.1, 0.15) is 17.0 Å². The lowest BCUT2D eigenvalue weighted by Crippen LogP contribution is -2.45. The zero-order chi connectivity index (χ0) is 12.6. The van der Waals surface area contributed by atoms with Crippen molar-refractivity contribution in [3.8, 4) is 0 Å². The molecule has 1 aliphatic heterocycles. The van der Waals surface area contributed by atoms with E-state index in [1.54, 1.807) is 17.7 Å². The maximum Gasteiger partial charge on any atom is 0.138 e. The number of thiophene rings is 1. The Hall–Kier alpha value is -1.20. The topological polar surface area (TPSA) is 47.0 Å². The summed E-state index contributed by atoms with van der Waals surface area (Å²) in [5.41, 5.74) is 0.251. The normalized spacial score (nSPS) is 17.7. The molecule has 4 nitrogen and oxygen atoms in total. The molecule has 0 amide bonds. The lowest BCUT2D eigenvalue weighted by molar-refractivity contribution is -0.0924. The molecule has 5 heteroatoms. The summed E-state index contributed by atoms with van der Waals surface area (Å²) in [7, 11) is 0. The van der Waals surface area contributed by atoms with Crippen LogP contribution in [0.25, 0.3) is 10.2 Å². The molecule has 0 saturated carbocycles. The third kappa shape index (κ3) is 2.08. The third-order valence-corrected chi connectivity index (χ3v) is 4.50. The van der Waals surface area contributed by atoms with Crippen LogP contribution >= 0.6 is 11.3 Å². The van der Waals surface area contributed by atoms with Crippen molar-refractivity contribution in [2.45, 2.75) is 20.3 Å². The van der Waals surface area contributed by atoms with Gasteiger partial charge in [-0.2, -0.15) is 0 Å². The van der Waals surface area contributed by atoms with E-state index < -0.39 is 0 Å². The lowest BCUT2D eigenvalue weighted by atomic mass is 9.89. The zero-order valence-electron chi connectivity index (χ0n) is 10.7. The van der Waals surface area contributed by atoms with Crippen LogP contribution in [0, 0.1) is 5.41 Å². The van der Waals surface area contributed by atoms with Crippen LogP contribution < -0.4 is 5.32 Å². The molecular formula is C13H17N3OS. The molecule has 1 N–H and O–H groups in total. The third-order valence-electron chi connectivity index (χ3n) is 3.31. The van der Waals surface area contributed by atoms with Crippen molar-refractivity contribution < 1.29 is 4.74 Å². The fourth-order valence-electron chi connectivity index (χ4n) is 2.07. The summed E-state index contributed by atoms with van der Waals surface area (Å²) < 4.78 is 5.26. The Morgan fingerprint density at radius 2 is 2.28 bits per heavy atom. The molecule has 96 valence electrons. The second-order valence-electron chi connectivity index (χ2n) is 5.16. The van der Waals surface area contributed by atoms with Gasteiger partial charge in [0.25, 0.3) is 0 Å². The molecule has 0 aromatic carbocycles. The van der Waals surface area contributed by atoms with Crippen LogP contribution in [-0.2, 0) is 11.2 Å². The molecular weight excluding hydrogens is 246 g/mol. The van der Waals surface area contributed by atoms with Gasteiger partial charge in [-0.05, 0) is 12.5 Å². The van der Waals surface area contributed by atoms with Gasteiger partial charge in [-0.1, -0.05) is 13.8 Å². The maximum absolute atomic E-state index is 5.26. The Labute approximate surface area is 110 Å². The second kappa shape index (κ2) is 4.48. The van der Waals surface area contributed by atoms with E-state index in [-0.39, 0.29) is 5.41 Å². The minimum atomic E-state index is 0.251. The zero-order valence-corrected chi connectivity index (χ0v) is 11.5. The molecule has 0 bridgehead atoms. The van der Waals surface area contributed by atoms with E-state index in [2.05, 4.69) is 35.2 Å². The SMILES string of the molecule is CCc1cc2c(NCC3(C)COC3)ncnc2s1. The van der Waals surface area contributed by atoms with Crippen LogP contribution in [0.1, 0.15) is 18.7 Å². The van der Waals surface area contributed by atoms with Gasteiger partial charge in [0.2, 0.25) is 0 Å². The van der Waals surface area contributed by atoms with E-state index in [1.807, 2.05) is 0 Å². The Morgan fingerprint density at radius 1 is 1.44 bits per heavy atom. The molecule has 2 aromatic heterocycles.